The molecule has 30 heavy (non-hydrogen) atoms. The summed E-state index contributed by atoms with van der Waals surface area (Å²) >= 11 is 1.42. The zero-order valence-electron chi connectivity index (χ0n) is 16.2. The van der Waals surface area contributed by atoms with Crippen LogP contribution in [0.4, 0.5) is 0 Å². The lowest BCUT2D eigenvalue weighted by Crippen LogP contribution is -2.28. The van der Waals surface area contributed by atoms with Gasteiger partial charge in [0.2, 0.25) is 0 Å². The van der Waals surface area contributed by atoms with Crippen LogP contribution in [-0.2, 0) is 17.0 Å². The van der Waals surface area contributed by atoms with E-state index >= 15 is 0 Å². The second-order valence-electron chi connectivity index (χ2n) is 7.27. The Morgan fingerprint density at radius 2 is 1.97 bits per heavy atom. The maximum Gasteiger partial charge on any atom is 0.262 e. The van der Waals surface area contributed by atoms with Crippen LogP contribution in [0.5, 0.6) is 0 Å². The van der Waals surface area contributed by atoms with Gasteiger partial charge < -0.3 is 4.74 Å². The number of ether oxygens (including phenoxy) is 1. The molecule has 4 heterocycles. The molecule has 1 aliphatic heterocycles. The lowest BCUT2D eigenvalue weighted by Gasteiger charge is -2.16. The van der Waals surface area contributed by atoms with Crippen molar-refractivity contribution in [2.24, 2.45) is 0 Å². The van der Waals surface area contributed by atoms with Gasteiger partial charge in [0.25, 0.3) is 11.1 Å². The van der Waals surface area contributed by atoms with E-state index in [1.54, 1.807) is 29.0 Å². The van der Waals surface area contributed by atoms with Gasteiger partial charge in [-0.05, 0) is 37.1 Å². The number of hydrogen-bond acceptors (Lipinski definition) is 6. The van der Waals surface area contributed by atoms with Crippen molar-refractivity contribution >= 4 is 28.3 Å². The number of pyridine rings is 1. The molecule has 4 aromatic rings. The van der Waals surface area contributed by atoms with E-state index < -0.39 is 0 Å². The first kappa shape index (κ1) is 19.0. The second kappa shape index (κ2) is 8.04. The first-order valence-electron chi connectivity index (χ1n) is 9.90. The summed E-state index contributed by atoms with van der Waals surface area (Å²) in [5.74, 6) is 0.441. The summed E-state index contributed by atoms with van der Waals surface area (Å²) in [6.45, 7) is 1.21. The maximum atomic E-state index is 13.2. The first-order chi connectivity index (χ1) is 14.7. The van der Waals surface area contributed by atoms with E-state index in [9.17, 15) is 9.59 Å². The van der Waals surface area contributed by atoms with Gasteiger partial charge in [-0.3, -0.25) is 18.6 Å². The average molecular weight is 420 g/mol. The van der Waals surface area contributed by atoms with Crippen molar-refractivity contribution in [2.75, 3.05) is 6.61 Å². The minimum Gasteiger partial charge on any atom is -0.376 e. The Morgan fingerprint density at radius 3 is 2.83 bits per heavy atom. The molecule has 1 unspecified atom stereocenters. The van der Waals surface area contributed by atoms with E-state index in [1.165, 1.54) is 22.2 Å². The van der Waals surface area contributed by atoms with Gasteiger partial charge in [0.05, 0.1) is 29.2 Å². The van der Waals surface area contributed by atoms with Crippen LogP contribution in [0.3, 0.4) is 0 Å². The molecule has 0 aliphatic carbocycles. The van der Waals surface area contributed by atoms with Crippen molar-refractivity contribution in [2.45, 2.75) is 36.4 Å². The lowest BCUT2D eigenvalue weighted by molar-refractivity contribution is 0.0937. The van der Waals surface area contributed by atoms with Crippen LogP contribution in [-0.4, -0.2) is 31.6 Å². The van der Waals surface area contributed by atoms with Gasteiger partial charge in [-0.25, -0.2) is 9.97 Å². The molecule has 1 atom stereocenters. The molecule has 0 radical (unpaired) electrons. The SMILES string of the molecule is O=c1c2ccccc2nc(SCc2cc(=O)n3ccccc3n2)n1CC1CCCO1. The predicted molar refractivity (Wildman–Crippen MR) is 116 cm³/mol. The number of rotatable bonds is 5. The van der Waals surface area contributed by atoms with E-state index in [2.05, 4.69) is 4.98 Å². The molecule has 0 N–H and O–H groups in total. The van der Waals surface area contributed by atoms with Gasteiger partial charge >= 0.3 is 0 Å². The van der Waals surface area contributed by atoms with E-state index in [1.807, 2.05) is 24.3 Å². The molecule has 0 spiro atoms. The van der Waals surface area contributed by atoms with Gasteiger partial charge in [0, 0.05) is 24.6 Å². The number of nitrogens with zero attached hydrogens (tertiary/aromatic N) is 4. The normalized spacial score (nSPS) is 16.5. The Morgan fingerprint density at radius 1 is 1.10 bits per heavy atom. The topological polar surface area (TPSA) is 78.5 Å². The van der Waals surface area contributed by atoms with Gasteiger partial charge in [-0.2, -0.15) is 0 Å². The van der Waals surface area contributed by atoms with Crippen LogP contribution >= 0.6 is 11.8 Å². The molecule has 8 heteroatoms. The number of fused-ring (bicyclic) bond motifs is 2. The molecule has 7 nitrogen and oxygen atoms in total. The Labute approximate surface area is 176 Å². The van der Waals surface area contributed by atoms with Crippen molar-refractivity contribution in [1.82, 2.24) is 18.9 Å². The van der Waals surface area contributed by atoms with E-state index in [0.717, 1.165) is 19.4 Å². The van der Waals surface area contributed by atoms with Crippen molar-refractivity contribution in [1.29, 1.82) is 0 Å². The number of benzene rings is 1. The van der Waals surface area contributed by atoms with E-state index in [-0.39, 0.29) is 17.2 Å². The smallest absolute Gasteiger partial charge is 0.262 e. The maximum absolute atomic E-state index is 13.2. The van der Waals surface area contributed by atoms with Crippen molar-refractivity contribution in [3.05, 3.63) is 81.1 Å². The number of para-hydroxylation sites is 1. The highest BCUT2D eigenvalue weighted by molar-refractivity contribution is 7.98. The molecule has 1 saturated heterocycles. The van der Waals surface area contributed by atoms with Crippen molar-refractivity contribution < 1.29 is 4.74 Å². The van der Waals surface area contributed by atoms with E-state index in [0.29, 0.717) is 39.7 Å². The zero-order chi connectivity index (χ0) is 20.5. The van der Waals surface area contributed by atoms with Crippen molar-refractivity contribution in [3.63, 3.8) is 0 Å². The van der Waals surface area contributed by atoms with Gasteiger partial charge in [0.15, 0.2) is 5.16 Å². The fraction of sp³-hybridized carbons (Fsp3) is 0.273. The monoisotopic (exact) mass is 420 g/mol. The van der Waals surface area contributed by atoms with Gasteiger partial charge in [-0.1, -0.05) is 30.0 Å². The summed E-state index contributed by atoms with van der Waals surface area (Å²) in [6.07, 6.45) is 3.67. The molecule has 152 valence electrons. The molecular weight excluding hydrogens is 400 g/mol. The summed E-state index contributed by atoms with van der Waals surface area (Å²) in [6, 6.07) is 14.4. The van der Waals surface area contributed by atoms with Gasteiger partial charge in [0.1, 0.15) is 5.65 Å². The summed E-state index contributed by atoms with van der Waals surface area (Å²) in [4.78, 5) is 34.8. The molecule has 1 fully saturated rings. The van der Waals surface area contributed by atoms with Crippen LogP contribution in [0.2, 0.25) is 0 Å². The quantitative estimate of drug-likeness (QED) is 0.365. The Hall–Kier alpha value is -2.97. The second-order valence-corrected chi connectivity index (χ2v) is 8.21. The van der Waals surface area contributed by atoms with Crippen LogP contribution in [0.1, 0.15) is 18.5 Å². The Kier molecular flexibility index (Phi) is 5.10. The molecule has 1 aliphatic rings. The highest BCUT2D eigenvalue weighted by Crippen LogP contribution is 2.23. The van der Waals surface area contributed by atoms with Crippen molar-refractivity contribution in [3.8, 4) is 0 Å². The fourth-order valence-corrected chi connectivity index (χ4v) is 4.63. The first-order valence-corrected chi connectivity index (χ1v) is 10.9. The molecule has 0 bridgehead atoms. The fourth-order valence-electron chi connectivity index (χ4n) is 3.73. The highest BCUT2D eigenvalue weighted by atomic mass is 32.2. The van der Waals surface area contributed by atoms with E-state index in [4.69, 9.17) is 9.72 Å². The third-order valence-electron chi connectivity index (χ3n) is 5.21. The summed E-state index contributed by atoms with van der Waals surface area (Å²) in [5, 5.41) is 1.21. The average Bonchev–Trinajstić information content (AvgIpc) is 3.28. The molecule has 1 aromatic carbocycles. The molecule has 3 aromatic heterocycles. The number of aromatic nitrogens is 4. The van der Waals surface area contributed by atoms with Gasteiger partial charge in [-0.15, -0.1) is 0 Å². The number of hydrogen-bond donors (Lipinski definition) is 0. The zero-order valence-corrected chi connectivity index (χ0v) is 17.0. The third-order valence-corrected chi connectivity index (χ3v) is 6.22. The standard InChI is InChI=1S/C22H20N4O3S/c27-20-12-15(23-19-9-3-4-10-25(19)20)14-30-22-24-18-8-2-1-7-17(18)21(28)26(22)13-16-6-5-11-29-16/h1-4,7-10,12,16H,5-6,11,13-14H2. The summed E-state index contributed by atoms with van der Waals surface area (Å²) in [7, 11) is 0. The summed E-state index contributed by atoms with van der Waals surface area (Å²) < 4.78 is 8.97. The van der Waals surface area contributed by atoms with Crippen LogP contribution in [0.15, 0.2) is 69.5 Å². The Bertz CT molecular complexity index is 1340. The van der Waals surface area contributed by atoms with Crippen LogP contribution in [0.25, 0.3) is 16.6 Å². The minimum absolute atomic E-state index is 0.0217. The molecule has 0 saturated carbocycles. The predicted octanol–water partition coefficient (Wildman–Crippen LogP) is 2.88. The lowest BCUT2D eigenvalue weighted by atomic mass is 10.2. The molecule has 0 amide bonds. The van der Waals surface area contributed by atoms with Crippen LogP contribution < -0.4 is 11.1 Å². The third kappa shape index (κ3) is 3.64. The Balaban J connectivity index is 1.51. The highest BCUT2D eigenvalue weighted by Gasteiger charge is 2.20. The number of thioether (sulfide) groups is 1. The largest absolute Gasteiger partial charge is 0.376 e. The molecule has 5 rings (SSSR count). The van der Waals surface area contributed by atoms with Crippen LogP contribution in [0, 0.1) is 0 Å². The summed E-state index contributed by atoms with van der Waals surface area (Å²) in [5.41, 5.74) is 1.73. The minimum atomic E-state index is -0.126. The molecular formula is C22H20N4O3S.